The number of nitrogens with two attached hydrogens (primary N) is 1. The molecule has 0 fully saturated rings. The average Bonchev–Trinajstić information content (AvgIpc) is 2.33. The summed E-state index contributed by atoms with van der Waals surface area (Å²) < 4.78 is 0. The van der Waals surface area contributed by atoms with Gasteiger partial charge in [0.15, 0.2) is 0 Å². The minimum absolute atomic E-state index is 0.0319. The summed E-state index contributed by atoms with van der Waals surface area (Å²) in [6.07, 6.45) is -0.876. The average molecular weight is 250 g/mol. The fraction of sp³-hybridized carbons (Fsp3) is 0.0769. The van der Waals surface area contributed by atoms with E-state index in [0.29, 0.717) is 16.1 Å². The van der Waals surface area contributed by atoms with Gasteiger partial charge in [0.25, 0.3) is 0 Å². The highest BCUT2D eigenvalue weighted by atomic mass is 35.5. The molecule has 2 rings (SSSR count). The second kappa shape index (κ2) is 4.65. The summed E-state index contributed by atoms with van der Waals surface area (Å²) in [4.78, 5) is 0. The third-order valence-electron chi connectivity index (χ3n) is 2.60. The number of benzene rings is 2. The maximum absolute atomic E-state index is 10.2. The fourth-order valence-corrected chi connectivity index (χ4v) is 1.76. The Morgan fingerprint density at radius 1 is 1.06 bits per heavy atom. The summed E-state index contributed by atoms with van der Waals surface area (Å²) in [6.45, 7) is 0. The van der Waals surface area contributed by atoms with E-state index in [2.05, 4.69) is 0 Å². The summed E-state index contributed by atoms with van der Waals surface area (Å²) >= 11 is 5.77. The highest BCUT2D eigenvalue weighted by molar-refractivity contribution is 6.30. The number of hydrogen-bond acceptors (Lipinski definition) is 3. The minimum atomic E-state index is -0.876. The monoisotopic (exact) mass is 249 g/mol. The Kier molecular flexibility index (Phi) is 3.22. The number of aliphatic hydroxyl groups is 1. The Morgan fingerprint density at radius 3 is 2.35 bits per heavy atom. The third-order valence-corrected chi connectivity index (χ3v) is 2.85. The van der Waals surface area contributed by atoms with Crippen LogP contribution in [0.2, 0.25) is 5.02 Å². The zero-order chi connectivity index (χ0) is 12.4. The van der Waals surface area contributed by atoms with Gasteiger partial charge in [-0.3, -0.25) is 0 Å². The lowest BCUT2D eigenvalue weighted by Gasteiger charge is -2.14. The maximum Gasteiger partial charge on any atom is 0.138 e. The molecule has 0 radical (unpaired) electrons. The number of halogens is 1. The van der Waals surface area contributed by atoms with E-state index < -0.39 is 6.10 Å². The maximum atomic E-state index is 10.2. The van der Waals surface area contributed by atoms with Gasteiger partial charge >= 0.3 is 0 Å². The van der Waals surface area contributed by atoms with Gasteiger partial charge in [-0.1, -0.05) is 35.9 Å². The van der Waals surface area contributed by atoms with Gasteiger partial charge in [0.1, 0.15) is 11.9 Å². The van der Waals surface area contributed by atoms with Crippen LogP contribution >= 0.6 is 11.6 Å². The van der Waals surface area contributed by atoms with E-state index in [0.717, 1.165) is 0 Å². The predicted octanol–water partition coefficient (Wildman–Crippen LogP) is 2.71. The number of aromatic hydroxyl groups is 1. The van der Waals surface area contributed by atoms with Crippen LogP contribution in [0.5, 0.6) is 5.75 Å². The van der Waals surface area contributed by atoms with Gasteiger partial charge in [-0.05, 0) is 23.8 Å². The van der Waals surface area contributed by atoms with E-state index in [4.69, 9.17) is 17.3 Å². The highest BCUT2D eigenvalue weighted by Gasteiger charge is 2.14. The minimum Gasteiger partial charge on any atom is -0.506 e. The SMILES string of the molecule is Nc1c(O)cccc1C(O)c1ccc(Cl)cc1. The largest absolute Gasteiger partial charge is 0.506 e. The first-order valence-corrected chi connectivity index (χ1v) is 5.48. The number of nitrogen functional groups attached to an aromatic ring is 1. The molecule has 1 atom stereocenters. The molecular formula is C13H12ClNO2. The van der Waals surface area contributed by atoms with Crippen LogP contribution in [0.15, 0.2) is 42.5 Å². The van der Waals surface area contributed by atoms with Crippen molar-refractivity contribution >= 4 is 17.3 Å². The number of aliphatic hydroxyl groups excluding tert-OH is 1. The summed E-state index contributed by atoms with van der Waals surface area (Å²) in [6, 6.07) is 11.6. The zero-order valence-electron chi connectivity index (χ0n) is 8.97. The van der Waals surface area contributed by atoms with E-state index in [1.54, 1.807) is 36.4 Å². The van der Waals surface area contributed by atoms with Crippen LogP contribution in [-0.2, 0) is 0 Å². The molecule has 88 valence electrons. The lowest BCUT2D eigenvalue weighted by molar-refractivity contribution is 0.220. The molecule has 0 aliphatic carbocycles. The summed E-state index contributed by atoms with van der Waals surface area (Å²) in [5.74, 6) is -0.0319. The molecule has 0 saturated heterocycles. The molecule has 0 aliphatic rings. The van der Waals surface area contributed by atoms with Gasteiger partial charge in [-0.25, -0.2) is 0 Å². The van der Waals surface area contributed by atoms with Crippen molar-refractivity contribution in [3.05, 3.63) is 58.6 Å². The molecule has 1 unspecified atom stereocenters. The van der Waals surface area contributed by atoms with Crippen molar-refractivity contribution in [2.75, 3.05) is 5.73 Å². The third kappa shape index (κ3) is 2.35. The molecule has 0 aromatic heterocycles. The van der Waals surface area contributed by atoms with Gasteiger partial charge in [0, 0.05) is 10.6 Å². The Labute approximate surface area is 104 Å². The van der Waals surface area contributed by atoms with Crippen molar-refractivity contribution in [1.82, 2.24) is 0 Å². The van der Waals surface area contributed by atoms with Crippen LogP contribution in [-0.4, -0.2) is 10.2 Å². The Hall–Kier alpha value is -1.71. The highest BCUT2D eigenvalue weighted by Crippen LogP contribution is 2.32. The number of rotatable bonds is 2. The van der Waals surface area contributed by atoms with Crippen molar-refractivity contribution < 1.29 is 10.2 Å². The molecule has 4 N–H and O–H groups in total. The number of phenols is 1. The van der Waals surface area contributed by atoms with Crippen LogP contribution in [0, 0.1) is 0 Å². The Morgan fingerprint density at radius 2 is 1.71 bits per heavy atom. The lowest BCUT2D eigenvalue weighted by atomic mass is 10.00. The van der Waals surface area contributed by atoms with Crippen molar-refractivity contribution in [1.29, 1.82) is 0 Å². The summed E-state index contributed by atoms with van der Waals surface area (Å²) in [5, 5.41) is 20.2. The lowest BCUT2D eigenvalue weighted by Crippen LogP contribution is -2.03. The number of anilines is 1. The summed E-state index contributed by atoms with van der Waals surface area (Å²) in [5.41, 5.74) is 7.06. The van der Waals surface area contributed by atoms with Crippen LogP contribution in [0.4, 0.5) is 5.69 Å². The Bertz CT molecular complexity index is 525. The molecule has 2 aromatic carbocycles. The molecule has 17 heavy (non-hydrogen) atoms. The standard InChI is InChI=1S/C13H12ClNO2/c14-9-6-4-8(5-7-9)13(17)10-2-1-3-11(16)12(10)15/h1-7,13,16-17H,15H2. The smallest absolute Gasteiger partial charge is 0.138 e. The second-order valence-corrected chi connectivity index (χ2v) is 4.17. The first-order valence-electron chi connectivity index (χ1n) is 5.10. The number of hydrogen-bond donors (Lipinski definition) is 3. The van der Waals surface area contributed by atoms with Crippen molar-refractivity contribution in [3.8, 4) is 5.75 Å². The van der Waals surface area contributed by atoms with Crippen LogP contribution in [0.25, 0.3) is 0 Å². The molecule has 0 aliphatic heterocycles. The first kappa shape index (κ1) is 11.8. The molecule has 0 amide bonds. The van der Waals surface area contributed by atoms with Crippen LogP contribution in [0.3, 0.4) is 0 Å². The Balaban J connectivity index is 2.40. The normalized spacial score (nSPS) is 12.4. The van der Waals surface area contributed by atoms with Crippen LogP contribution < -0.4 is 5.73 Å². The molecular weight excluding hydrogens is 238 g/mol. The predicted molar refractivity (Wildman–Crippen MR) is 68.0 cm³/mol. The van der Waals surface area contributed by atoms with E-state index in [1.807, 2.05) is 0 Å². The first-order chi connectivity index (χ1) is 8.09. The quantitative estimate of drug-likeness (QED) is 0.566. The van der Waals surface area contributed by atoms with Gasteiger partial charge in [-0.2, -0.15) is 0 Å². The van der Waals surface area contributed by atoms with Gasteiger partial charge < -0.3 is 15.9 Å². The molecule has 0 saturated carbocycles. The van der Waals surface area contributed by atoms with Gasteiger partial charge in [-0.15, -0.1) is 0 Å². The fourth-order valence-electron chi connectivity index (χ4n) is 1.63. The van der Waals surface area contributed by atoms with Gasteiger partial charge in [0.05, 0.1) is 5.69 Å². The molecule has 0 bridgehead atoms. The van der Waals surface area contributed by atoms with Crippen molar-refractivity contribution in [2.24, 2.45) is 0 Å². The van der Waals surface area contributed by atoms with E-state index in [9.17, 15) is 10.2 Å². The zero-order valence-corrected chi connectivity index (χ0v) is 9.72. The molecule has 0 spiro atoms. The van der Waals surface area contributed by atoms with Gasteiger partial charge in [0.2, 0.25) is 0 Å². The van der Waals surface area contributed by atoms with E-state index >= 15 is 0 Å². The molecule has 2 aromatic rings. The van der Waals surface area contributed by atoms with Crippen molar-refractivity contribution in [2.45, 2.75) is 6.10 Å². The van der Waals surface area contributed by atoms with E-state index in [1.165, 1.54) is 6.07 Å². The topological polar surface area (TPSA) is 66.5 Å². The molecule has 0 heterocycles. The second-order valence-electron chi connectivity index (χ2n) is 3.73. The molecule has 4 heteroatoms. The number of phenolic OH excluding ortho intramolecular Hbond substituents is 1. The summed E-state index contributed by atoms with van der Waals surface area (Å²) in [7, 11) is 0. The van der Waals surface area contributed by atoms with E-state index in [-0.39, 0.29) is 11.4 Å². The van der Waals surface area contributed by atoms with Crippen LogP contribution in [0.1, 0.15) is 17.2 Å². The van der Waals surface area contributed by atoms with Crippen molar-refractivity contribution in [3.63, 3.8) is 0 Å². The molecule has 3 nitrogen and oxygen atoms in total. The number of para-hydroxylation sites is 1.